The zero-order valence-corrected chi connectivity index (χ0v) is 14.6. The molecular formula is C14H17Cl2NO4S. The topological polar surface area (TPSA) is 63.7 Å². The van der Waals surface area contributed by atoms with Gasteiger partial charge >= 0.3 is 5.97 Å². The molecular weight excluding hydrogens is 349 g/mol. The molecule has 0 aliphatic rings. The van der Waals surface area contributed by atoms with E-state index in [2.05, 4.69) is 0 Å². The number of esters is 1. The maximum Gasteiger partial charge on any atom is 0.339 e. The summed E-state index contributed by atoms with van der Waals surface area (Å²) in [6.45, 7) is 4.30. The van der Waals surface area contributed by atoms with E-state index >= 15 is 0 Å². The van der Waals surface area contributed by atoms with Crippen LogP contribution in [0.15, 0.2) is 12.1 Å². The van der Waals surface area contributed by atoms with Crippen LogP contribution in [0.4, 0.5) is 5.69 Å². The van der Waals surface area contributed by atoms with E-state index in [0.29, 0.717) is 12.2 Å². The lowest BCUT2D eigenvalue weighted by molar-refractivity contribution is 0.0526. The van der Waals surface area contributed by atoms with E-state index < -0.39 is 16.3 Å². The van der Waals surface area contributed by atoms with Crippen LogP contribution in [0.3, 0.4) is 0 Å². The summed E-state index contributed by atoms with van der Waals surface area (Å²) < 4.78 is 26.9. The van der Waals surface area contributed by atoms with Crippen LogP contribution < -0.4 is 4.90 Å². The molecule has 0 aliphatic heterocycles. The van der Waals surface area contributed by atoms with E-state index in [9.17, 15) is 13.2 Å². The van der Waals surface area contributed by atoms with Crippen LogP contribution in [0, 0.1) is 0 Å². The highest BCUT2D eigenvalue weighted by Crippen LogP contribution is 2.33. The third-order valence-corrected chi connectivity index (χ3v) is 3.83. The van der Waals surface area contributed by atoms with Crippen LogP contribution in [0.2, 0.25) is 10.0 Å². The SMILES string of the molecule is CCCCN(C=S(=O)=O)c1cc(Cl)cc(C(=O)OCC)c1Cl. The van der Waals surface area contributed by atoms with E-state index in [1.165, 1.54) is 17.0 Å². The minimum absolute atomic E-state index is 0.109. The van der Waals surface area contributed by atoms with Crippen molar-refractivity contribution < 1.29 is 17.9 Å². The third kappa shape index (κ3) is 5.19. The Bertz CT molecular complexity index is 666. The van der Waals surface area contributed by atoms with Gasteiger partial charge in [0.25, 0.3) is 0 Å². The van der Waals surface area contributed by atoms with Gasteiger partial charge in [-0.05, 0) is 25.5 Å². The number of benzene rings is 1. The van der Waals surface area contributed by atoms with Crippen molar-refractivity contribution in [3.8, 4) is 0 Å². The average Bonchev–Trinajstić information content (AvgIpc) is 2.45. The van der Waals surface area contributed by atoms with Crippen molar-refractivity contribution in [2.45, 2.75) is 26.7 Å². The molecule has 22 heavy (non-hydrogen) atoms. The molecule has 0 saturated heterocycles. The van der Waals surface area contributed by atoms with Gasteiger partial charge in [0.1, 0.15) is 5.49 Å². The molecule has 0 heterocycles. The number of hydrogen-bond acceptors (Lipinski definition) is 4. The molecule has 0 saturated carbocycles. The molecule has 8 heteroatoms. The average molecular weight is 366 g/mol. The Labute approximate surface area is 141 Å². The zero-order chi connectivity index (χ0) is 16.7. The molecule has 1 aromatic rings. The van der Waals surface area contributed by atoms with Gasteiger partial charge in [0.05, 0.1) is 22.9 Å². The summed E-state index contributed by atoms with van der Waals surface area (Å²) >= 11 is 12.3. The predicted octanol–water partition coefficient (Wildman–Crippen LogP) is 3.42. The highest BCUT2D eigenvalue weighted by atomic mass is 35.5. The number of ether oxygens (including phenoxy) is 1. The van der Waals surface area contributed by atoms with Crippen molar-refractivity contribution in [2.75, 3.05) is 18.1 Å². The molecule has 0 fully saturated rings. The second-order valence-electron chi connectivity index (χ2n) is 4.42. The number of hydrogen-bond donors (Lipinski definition) is 0. The van der Waals surface area contributed by atoms with Crippen LogP contribution in [0.5, 0.6) is 0 Å². The van der Waals surface area contributed by atoms with Crippen molar-refractivity contribution in [1.82, 2.24) is 0 Å². The van der Waals surface area contributed by atoms with E-state index in [4.69, 9.17) is 27.9 Å². The van der Waals surface area contributed by atoms with Crippen molar-refractivity contribution in [1.29, 1.82) is 0 Å². The van der Waals surface area contributed by atoms with Gasteiger partial charge in [-0.25, -0.2) is 4.79 Å². The number of halogens is 2. The molecule has 0 aromatic heterocycles. The number of carbonyl (C=O) groups is 1. The summed E-state index contributed by atoms with van der Waals surface area (Å²) in [6.07, 6.45) is 1.63. The first-order valence-corrected chi connectivity index (χ1v) is 8.65. The fourth-order valence-electron chi connectivity index (χ4n) is 1.80. The summed E-state index contributed by atoms with van der Waals surface area (Å²) in [4.78, 5) is 13.4. The van der Waals surface area contributed by atoms with Gasteiger partial charge in [0.15, 0.2) is 0 Å². The minimum atomic E-state index is -2.40. The number of unbranched alkanes of at least 4 members (excludes halogenated alkanes) is 1. The third-order valence-electron chi connectivity index (χ3n) is 2.79. The molecule has 0 aliphatic carbocycles. The van der Waals surface area contributed by atoms with Crippen molar-refractivity contribution in [3.63, 3.8) is 0 Å². The van der Waals surface area contributed by atoms with Gasteiger partial charge in [-0.1, -0.05) is 36.5 Å². The van der Waals surface area contributed by atoms with Crippen LogP contribution in [0.25, 0.3) is 0 Å². The van der Waals surface area contributed by atoms with E-state index in [1.54, 1.807) is 6.92 Å². The molecule has 0 unspecified atom stereocenters. The molecule has 0 amide bonds. The molecule has 0 atom stereocenters. The van der Waals surface area contributed by atoms with Gasteiger partial charge in [-0.2, -0.15) is 8.42 Å². The van der Waals surface area contributed by atoms with Gasteiger partial charge in [-0.3, -0.25) is 0 Å². The predicted molar refractivity (Wildman–Crippen MR) is 89.7 cm³/mol. The molecule has 0 bridgehead atoms. The summed E-state index contributed by atoms with van der Waals surface area (Å²) in [5.41, 5.74) is 1.48. The molecule has 5 nitrogen and oxygen atoms in total. The lowest BCUT2D eigenvalue weighted by Crippen LogP contribution is -2.24. The van der Waals surface area contributed by atoms with Gasteiger partial charge < -0.3 is 9.64 Å². The fraction of sp³-hybridized carbons (Fsp3) is 0.429. The Morgan fingerprint density at radius 2 is 2.00 bits per heavy atom. The summed E-state index contributed by atoms with van der Waals surface area (Å²) in [5, 5.41) is 0.384. The summed E-state index contributed by atoms with van der Waals surface area (Å²) in [6, 6.07) is 2.92. The first-order chi connectivity index (χ1) is 10.4. The molecule has 0 spiro atoms. The lowest BCUT2D eigenvalue weighted by Gasteiger charge is -2.21. The Morgan fingerprint density at radius 1 is 1.32 bits per heavy atom. The minimum Gasteiger partial charge on any atom is -0.462 e. The first-order valence-electron chi connectivity index (χ1n) is 6.76. The van der Waals surface area contributed by atoms with E-state index in [1.807, 2.05) is 6.92 Å². The summed E-state index contributed by atoms with van der Waals surface area (Å²) in [7, 11) is -2.40. The molecule has 1 rings (SSSR count). The van der Waals surface area contributed by atoms with Gasteiger partial charge in [0, 0.05) is 11.6 Å². The summed E-state index contributed by atoms with van der Waals surface area (Å²) in [5.74, 6) is -0.602. The highest BCUT2D eigenvalue weighted by molar-refractivity contribution is 7.71. The van der Waals surface area contributed by atoms with Crippen LogP contribution in [-0.4, -0.2) is 33.0 Å². The van der Waals surface area contributed by atoms with Crippen LogP contribution in [-0.2, 0) is 15.0 Å². The Hall–Kier alpha value is -1.24. The van der Waals surface area contributed by atoms with Crippen LogP contribution in [0.1, 0.15) is 37.0 Å². The van der Waals surface area contributed by atoms with E-state index in [-0.39, 0.29) is 22.2 Å². The number of anilines is 1. The number of nitrogens with zero attached hydrogens (tertiary/aromatic N) is 1. The quantitative estimate of drug-likeness (QED) is 0.547. The Morgan fingerprint density at radius 3 is 2.55 bits per heavy atom. The normalized spacial score (nSPS) is 10.2. The van der Waals surface area contributed by atoms with Crippen molar-refractivity contribution in [2.24, 2.45) is 0 Å². The molecule has 122 valence electrons. The fourth-order valence-corrected chi connectivity index (χ4v) is 2.74. The second kappa shape index (κ2) is 9.02. The number of carbonyl (C=O) groups excluding carboxylic acids is 1. The Balaban J connectivity index is 3.36. The highest BCUT2D eigenvalue weighted by Gasteiger charge is 2.19. The largest absolute Gasteiger partial charge is 0.462 e. The monoisotopic (exact) mass is 365 g/mol. The zero-order valence-electron chi connectivity index (χ0n) is 12.3. The van der Waals surface area contributed by atoms with E-state index in [0.717, 1.165) is 18.3 Å². The maximum absolute atomic E-state index is 11.9. The smallest absolute Gasteiger partial charge is 0.339 e. The van der Waals surface area contributed by atoms with Gasteiger partial charge in [-0.15, -0.1) is 0 Å². The maximum atomic E-state index is 11.9. The van der Waals surface area contributed by atoms with Gasteiger partial charge in [0.2, 0.25) is 10.3 Å². The standard InChI is InChI=1S/C14H17Cl2NO4S/c1-3-5-6-17(9-22(19)20)12-8-10(15)7-11(13(12)16)14(18)21-4-2/h7-9H,3-6H2,1-2H3. The van der Waals surface area contributed by atoms with Crippen molar-refractivity contribution >= 4 is 50.6 Å². The number of rotatable bonds is 7. The molecule has 1 aromatic carbocycles. The molecule has 0 radical (unpaired) electrons. The lowest BCUT2D eigenvalue weighted by atomic mass is 10.1. The Kier molecular flexibility index (Phi) is 7.72. The molecule has 0 N–H and O–H groups in total. The first kappa shape index (κ1) is 18.8. The van der Waals surface area contributed by atoms with Crippen molar-refractivity contribution in [3.05, 3.63) is 27.7 Å². The second-order valence-corrected chi connectivity index (χ2v) is 5.97. The van der Waals surface area contributed by atoms with Crippen LogP contribution >= 0.6 is 23.2 Å².